The van der Waals surface area contributed by atoms with E-state index in [0.717, 1.165) is 54.1 Å². The summed E-state index contributed by atoms with van der Waals surface area (Å²) >= 11 is 0. The maximum Gasteiger partial charge on any atom is 0.205 e. The van der Waals surface area contributed by atoms with Crippen molar-refractivity contribution >= 4 is 0 Å². The summed E-state index contributed by atoms with van der Waals surface area (Å²) in [6.07, 6.45) is 29.6. The smallest absolute Gasteiger partial charge is 0.205 e. The summed E-state index contributed by atoms with van der Waals surface area (Å²) < 4.78 is 0. The third-order valence-corrected chi connectivity index (χ3v) is 11.3. The summed E-state index contributed by atoms with van der Waals surface area (Å²) in [6, 6.07) is 17.6. The molecule has 0 aliphatic heterocycles. The number of unbranched alkanes of at least 4 members (excludes halogenated alkanes) is 1. The Labute approximate surface area is 321 Å². The van der Waals surface area contributed by atoms with Crippen LogP contribution in [0.1, 0.15) is 181 Å². The molecule has 2 saturated carbocycles. The lowest BCUT2D eigenvalue weighted by Crippen LogP contribution is -2.13. The van der Waals surface area contributed by atoms with E-state index in [1.165, 1.54) is 112 Å². The van der Waals surface area contributed by atoms with Gasteiger partial charge in [0.25, 0.3) is 0 Å². The van der Waals surface area contributed by atoms with Gasteiger partial charge in [0.05, 0.1) is 0 Å². The van der Waals surface area contributed by atoms with Gasteiger partial charge in [0, 0.05) is 35.9 Å². The standard InChI is InChI=1S/C25H32N2.C24H30N2/c1-3-5-7-22-18-26-25(27-19-22)17-12-21-10-15-24(16-11-21)23-13-8-20(6-4-2)9-14-23;1-3-5-19-7-12-22(13-8-19)23-14-9-20(10-15-23)11-16-24-25-17-21(6-4-2)18-26-24/h10-11,15-16,18-20,23H,3-9,13-14H2,1-2H3;9-10,14-15,17-19,22H,3-8,12-13H2,1-2H3/t20-,23-;19-,22-. The van der Waals surface area contributed by atoms with Crippen LogP contribution in [0, 0.1) is 35.5 Å². The lowest BCUT2D eigenvalue weighted by Gasteiger charge is -2.28. The van der Waals surface area contributed by atoms with Crippen molar-refractivity contribution in [2.75, 3.05) is 0 Å². The Kier molecular flexibility index (Phi) is 16.6. The average Bonchev–Trinajstić information content (AvgIpc) is 3.21. The first-order chi connectivity index (χ1) is 26.1. The molecule has 0 spiro atoms. The van der Waals surface area contributed by atoms with E-state index in [2.05, 4.69) is 120 Å². The van der Waals surface area contributed by atoms with Gasteiger partial charge in [-0.25, -0.2) is 19.9 Å². The molecule has 53 heavy (non-hydrogen) atoms. The fourth-order valence-corrected chi connectivity index (χ4v) is 8.09. The van der Waals surface area contributed by atoms with E-state index in [1.807, 2.05) is 24.8 Å². The summed E-state index contributed by atoms with van der Waals surface area (Å²) in [5, 5.41) is 0. The van der Waals surface area contributed by atoms with Crippen LogP contribution in [0.3, 0.4) is 0 Å². The second-order valence-corrected chi connectivity index (χ2v) is 15.4. The van der Waals surface area contributed by atoms with Crippen molar-refractivity contribution < 1.29 is 0 Å². The number of aromatic nitrogens is 4. The second-order valence-electron chi connectivity index (χ2n) is 15.4. The zero-order chi connectivity index (χ0) is 37.1. The molecule has 0 unspecified atom stereocenters. The molecule has 4 aromatic rings. The van der Waals surface area contributed by atoms with Gasteiger partial charge in [-0.15, -0.1) is 0 Å². The molecule has 2 heterocycles. The normalized spacial score (nSPS) is 19.5. The van der Waals surface area contributed by atoms with Crippen LogP contribution < -0.4 is 0 Å². The van der Waals surface area contributed by atoms with Gasteiger partial charge in [0.15, 0.2) is 0 Å². The van der Waals surface area contributed by atoms with Gasteiger partial charge in [0.2, 0.25) is 11.6 Å². The number of hydrogen-bond acceptors (Lipinski definition) is 4. The predicted octanol–water partition coefficient (Wildman–Crippen LogP) is 12.2. The van der Waals surface area contributed by atoms with Crippen molar-refractivity contribution in [3.05, 3.63) is 118 Å². The van der Waals surface area contributed by atoms with Crippen molar-refractivity contribution in [3.8, 4) is 23.7 Å². The van der Waals surface area contributed by atoms with Gasteiger partial charge in [0.1, 0.15) is 0 Å². The summed E-state index contributed by atoms with van der Waals surface area (Å²) in [7, 11) is 0. The second kappa shape index (κ2) is 22.1. The van der Waals surface area contributed by atoms with Crippen LogP contribution in [0.15, 0.2) is 73.3 Å². The summed E-state index contributed by atoms with van der Waals surface area (Å²) in [5.41, 5.74) is 7.40. The Morgan fingerprint density at radius 3 is 1.21 bits per heavy atom. The highest BCUT2D eigenvalue weighted by molar-refractivity contribution is 5.41. The van der Waals surface area contributed by atoms with Crippen LogP contribution >= 0.6 is 0 Å². The fourth-order valence-electron chi connectivity index (χ4n) is 8.09. The van der Waals surface area contributed by atoms with E-state index in [0.29, 0.717) is 11.6 Å². The lowest BCUT2D eigenvalue weighted by atomic mass is 9.77. The topological polar surface area (TPSA) is 51.6 Å². The van der Waals surface area contributed by atoms with Gasteiger partial charge in [-0.3, -0.25) is 0 Å². The molecular weight excluding hydrogens is 645 g/mol. The van der Waals surface area contributed by atoms with Gasteiger partial charge < -0.3 is 0 Å². The summed E-state index contributed by atoms with van der Waals surface area (Å²) in [4.78, 5) is 17.4. The maximum atomic E-state index is 4.38. The van der Waals surface area contributed by atoms with Crippen LogP contribution in [0.25, 0.3) is 0 Å². The van der Waals surface area contributed by atoms with Gasteiger partial charge in [-0.1, -0.05) is 102 Å². The van der Waals surface area contributed by atoms with Crippen molar-refractivity contribution in [2.45, 2.75) is 149 Å². The minimum absolute atomic E-state index is 0.600. The van der Waals surface area contributed by atoms with Crippen molar-refractivity contribution in [1.82, 2.24) is 19.9 Å². The predicted molar refractivity (Wildman–Crippen MR) is 221 cm³/mol. The van der Waals surface area contributed by atoms with Gasteiger partial charge in [-0.05, 0) is 153 Å². The Hall–Kier alpha value is -4.28. The molecular formula is C49H62N4. The zero-order valence-corrected chi connectivity index (χ0v) is 33.0. The molecule has 4 heteroatoms. The van der Waals surface area contributed by atoms with Crippen LogP contribution in [0.2, 0.25) is 0 Å². The molecule has 0 atom stereocenters. The zero-order valence-electron chi connectivity index (χ0n) is 33.0. The molecule has 2 fully saturated rings. The Balaban J connectivity index is 0.000000204. The molecule has 2 aromatic carbocycles. The van der Waals surface area contributed by atoms with E-state index in [-0.39, 0.29) is 0 Å². The molecule has 2 aromatic heterocycles. The highest BCUT2D eigenvalue weighted by atomic mass is 14.9. The van der Waals surface area contributed by atoms with Crippen LogP contribution in [-0.4, -0.2) is 19.9 Å². The third kappa shape index (κ3) is 13.3. The molecule has 0 amide bonds. The number of aryl methyl sites for hydroxylation is 2. The number of rotatable bonds is 11. The molecule has 4 nitrogen and oxygen atoms in total. The minimum atomic E-state index is 0.600. The molecule has 2 aliphatic rings. The molecule has 6 rings (SSSR count). The van der Waals surface area contributed by atoms with Crippen LogP contribution in [0.5, 0.6) is 0 Å². The SMILES string of the molecule is CCCCc1cnc(C#Cc2ccc([C@H]3CC[C@H](CCC)CC3)cc2)nc1.CCCc1cnc(C#Cc2ccc([C@H]3CC[C@H](CCC)CC3)cc2)nc1. The quantitative estimate of drug-likeness (QED) is 0.146. The molecule has 2 aliphatic carbocycles. The monoisotopic (exact) mass is 706 g/mol. The first-order valence-corrected chi connectivity index (χ1v) is 20.9. The lowest BCUT2D eigenvalue weighted by molar-refractivity contribution is 0.308. The van der Waals surface area contributed by atoms with E-state index >= 15 is 0 Å². The van der Waals surface area contributed by atoms with Gasteiger partial charge in [-0.2, -0.15) is 0 Å². The van der Waals surface area contributed by atoms with Crippen molar-refractivity contribution in [1.29, 1.82) is 0 Å². The highest BCUT2D eigenvalue weighted by Crippen LogP contribution is 2.38. The van der Waals surface area contributed by atoms with E-state index < -0.39 is 0 Å². The average molecular weight is 707 g/mol. The number of nitrogens with zero attached hydrogens (tertiary/aromatic N) is 4. The van der Waals surface area contributed by atoms with E-state index in [9.17, 15) is 0 Å². The summed E-state index contributed by atoms with van der Waals surface area (Å²) in [6.45, 7) is 8.96. The molecule has 0 radical (unpaired) electrons. The Bertz CT molecular complexity index is 1740. The first-order valence-electron chi connectivity index (χ1n) is 20.9. The largest absolute Gasteiger partial charge is 0.229 e. The molecule has 0 bridgehead atoms. The fraction of sp³-hybridized carbons (Fsp3) is 0.510. The van der Waals surface area contributed by atoms with E-state index in [4.69, 9.17) is 0 Å². The third-order valence-electron chi connectivity index (χ3n) is 11.3. The molecule has 278 valence electrons. The first kappa shape index (κ1) is 39.9. The number of benzene rings is 2. The van der Waals surface area contributed by atoms with E-state index in [1.54, 1.807) is 0 Å². The van der Waals surface area contributed by atoms with Crippen LogP contribution in [-0.2, 0) is 12.8 Å². The van der Waals surface area contributed by atoms with Gasteiger partial charge >= 0.3 is 0 Å². The Morgan fingerprint density at radius 2 is 0.849 bits per heavy atom. The van der Waals surface area contributed by atoms with Crippen LogP contribution in [0.4, 0.5) is 0 Å². The maximum absolute atomic E-state index is 4.38. The number of hydrogen-bond donors (Lipinski definition) is 0. The highest BCUT2D eigenvalue weighted by Gasteiger charge is 2.22. The molecule has 0 N–H and O–H groups in total. The molecule has 0 saturated heterocycles. The van der Waals surface area contributed by atoms with Crippen molar-refractivity contribution in [2.24, 2.45) is 11.8 Å². The summed E-state index contributed by atoms with van der Waals surface area (Å²) in [5.74, 6) is 17.2. The Morgan fingerprint density at radius 1 is 0.453 bits per heavy atom. The van der Waals surface area contributed by atoms with Crippen molar-refractivity contribution in [3.63, 3.8) is 0 Å². The minimum Gasteiger partial charge on any atom is -0.229 e.